The van der Waals surface area contributed by atoms with E-state index in [1.54, 1.807) is 41.1 Å². The van der Waals surface area contributed by atoms with Crippen LogP contribution in [0, 0.1) is 10.1 Å². The Morgan fingerprint density at radius 3 is 2.69 bits per heavy atom. The van der Waals surface area contributed by atoms with Crippen molar-refractivity contribution in [2.75, 3.05) is 0 Å². The molecule has 1 heterocycles. The number of hydrogen-bond acceptors (Lipinski definition) is 5. The summed E-state index contributed by atoms with van der Waals surface area (Å²) >= 11 is 0. The Kier molecular flexibility index (Phi) is 5.79. The Balaban J connectivity index is 1.70. The number of carboxylic acids is 1. The van der Waals surface area contributed by atoms with Crippen LogP contribution in [0.4, 0.5) is 5.69 Å². The summed E-state index contributed by atoms with van der Waals surface area (Å²) in [6.45, 7) is 0. The van der Waals surface area contributed by atoms with Crippen LogP contribution in [0.1, 0.15) is 21.6 Å². The monoisotopic (exact) mass is 392 g/mol. The third-order valence-corrected chi connectivity index (χ3v) is 4.08. The number of aromatic nitrogens is 1. The van der Waals surface area contributed by atoms with Gasteiger partial charge in [0.05, 0.1) is 28.8 Å². The zero-order valence-electron chi connectivity index (χ0n) is 15.1. The van der Waals surface area contributed by atoms with E-state index in [1.807, 2.05) is 0 Å². The van der Waals surface area contributed by atoms with Gasteiger partial charge in [-0.3, -0.25) is 14.9 Å². The van der Waals surface area contributed by atoms with Crippen molar-refractivity contribution in [2.45, 2.75) is 6.42 Å². The van der Waals surface area contributed by atoms with Gasteiger partial charge in [0, 0.05) is 23.5 Å². The van der Waals surface area contributed by atoms with Gasteiger partial charge in [0.15, 0.2) is 0 Å². The minimum absolute atomic E-state index is 0.126. The van der Waals surface area contributed by atoms with E-state index in [-0.39, 0.29) is 17.7 Å². The minimum atomic E-state index is -1.03. The SMILES string of the molecule is O=C(Cc1ccccc1[N+](=O)[O-])N/N=C/c1cccn1-c1cccc(C(=O)O)c1. The van der Waals surface area contributed by atoms with Gasteiger partial charge in [-0.05, 0) is 30.3 Å². The van der Waals surface area contributed by atoms with E-state index in [0.717, 1.165) is 0 Å². The maximum absolute atomic E-state index is 12.1. The van der Waals surface area contributed by atoms with E-state index in [1.165, 1.54) is 36.5 Å². The standard InChI is InChI=1S/C20H16N4O5/c25-19(12-14-5-1-2-9-18(14)24(28)29)22-21-13-17-8-4-10-23(17)16-7-3-6-15(11-16)20(26)27/h1-11,13H,12H2,(H,22,25)(H,26,27)/b21-13+. The maximum atomic E-state index is 12.1. The predicted octanol–water partition coefficient (Wildman–Crippen LogP) is 2.78. The summed E-state index contributed by atoms with van der Waals surface area (Å²) in [5, 5.41) is 24.0. The van der Waals surface area contributed by atoms with Gasteiger partial charge in [-0.25, -0.2) is 10.2 Å². The van der Waals surface area contributed by atoms with Crippen LogP contribution in [-0.2, 0) is 11.2 Å². The number of nitro groups is 1. The van der Waals surface area contributed by atoms with Gasteiger partial charge in [-0.15, -0.1) is 0 Å². The summed E-state index contributed by atoms with van der Waals surface area (Å²) in [5.41, 5.74) is 3.90. The molecule has 9 heteroatoms. The topological polar surface area (TPSA) is 127 Å². The number of para-hydroxylation sites is 1. The number of nitro benzene ring substituents is 1. The molecular formula is C20H16N4O5. The van der Waals surface area contributed by atoms with Crippen LogP contribution in [0.5, 0.6) is 0 Å². The Morgan fingerprint density at radius 2 is 1.93 bits per heavy atom. The van der Waals surface area contributed by atoms with Gasteiger partial charge in [0.1, 0.15) is 0 Å². The molecule has 0 saturated heterocycles. The molecule has 0 atom stereocenters. The molecule has 0 aliphatic heterocycles. The van der Waals surface area contributed by atoms with Gasteiger partial charge in [-0.1, -0.05) is 24.3 Å². The number of hydrazone groups is 1. The fourth-order valence-electron chi connectivity index (χ4n) is 2.74. The van der Waals surface area contributed by atoms with E-state index in [0.29, 0.717) is 16.9 Å². The normalized spacial score (nSPS) is 10.8. The first-order valence-electron chi connectivity index (χ1n) is 8.51. The number of aromatic carboxylic acids is 1. The van der Waals surface area contributed by atoms with E-state index >= 15 is 0 Å². The molecule has 1 amide bonds. The zero-order valence-corrected chi connectivity index (χ0v) is 15.1. The molecule has 3 rings (SSSR count). The summed E-state index contributed by atoms with van der Waals surface area (Å²) in [6.07, 6.45) is 2.96. The van der Waals surface area contributed by atoms with Gasteiger partial charge in [-0.2, -0.15) is 5.10 Å². The van der Waals surface area contributed by atoms with Crippen molar-refractivity contribution in [1.29, 1.82) is 0 Å². The van der Waals surface area contributed by atoms with Crippen LogP contribution in [0.2, 0.25) is 0 Å². The highest BCUT2D eigenvalue weighted by atomic mass is 16.6. The van der Waals surface area contributed by atoms with Crippen molar-refractivity contribution in [3.05, 3.63) is 93.8 Å². The summed E-state index contributed by atoms with van der Waals surface area (Å²) < 4.78 is 1.71. The number of rotatable bonds is 7. The van der Waals surface area contributed by atoms with Crippen molar-refractivity contribution in [3.8, 4) is 5.69 Å². The lowest BCUT2D eigenvalue weighted by Crippen LogP contribution is -2.20. The number of carboxylic acid groups (broad SMARTS) is 1. The van der Waals surface area contributed by atoms with E-state index in [2.05, 4.69) is 10.5 Å². The first-order chi connectivity index (χ1) is 14.0. The Labute approximate surface area is 165 Å². The molecule has 0 bridgehead atoms. The number of carbonyl (C=O) groups is 2. The molecule has 1 aromatic heterocycles. The molecule has 0 aliphatic carbocycles. The lowest BCUT2D eigenvalue weighted by Gasteiger charge is -2.07. The number of carbonyl (C=O) groups excluding carboxylic acids is 1. The first kappa shape index (κ1) is 19.5. The number of nitrogens with zero attached hydrogens (tertiary/aromatic N) is 3. The van der Waals surface area contributed by atoms with Crippen molar-refractivity contribution in [3.63, 3.8) is 0 Å². The molecule has 2 aromatic carbocycles. The molecule has 0 saturated carbocycles. The molecule has 0 spiro atoms. The van der Waals surface area contributed by atoms with Crippen molar-refractivity contribution >= 4 is 23.8 Å². The largest absolute Gasteiger partial charge is 0.478 e. The third-order valence-electron chi connectivity index (χ3n) is 4.08. The highest BCUT2D eigenvalue weighted by Gasteiger charge is 2.15. The number of hydrogen-bond donors (Lipinski definition) is 2. The Morgan fingerprint density at radius 1 is 1.14 bits per heavy atom. The Hall–Kier alpha value is -4.27. The lowest BCUT2D eigenvalue weighted by atomic mass is 10.1. The van der Waals surface area contributed by atoms with Crippen molar-refractivity contribution in [2.24, 2.45) is 5.10 Å². The molecule has 0 fully saturated rings. The molecule has 29 heavy (non-hydrogen) atoms. The highest BCUT2D eigenvalue weighted by molar-refractivity contribution is 5.88. The third kappa shape index (κ3) is 4.72. The molecule has 0 unspecified atom stereocenters. The second kappa shape index (κ2) is 8.61. The van der Waals surface area contributed by atoms with Crippen LogP contribution < -0.4 is 5.43 Å². The van der Waals surface area contributed by atoms with Crippen molar-refractivity contribution < 1.29 is 19.6 Å². The second-order valence-electron chi connectivity index (χ2n) is 6.01. The van der Waals surface area contributed by atoms with E-state index < -0.39 is 16.8 Å². The fourth-order valence-corrected chi connectivity index (χ4v) is 2.74. The molecule has 2 N–H and O–H groups in total. The smallest absolute Gasteiger partial charge is 0.335 e. The second-order valence-corrected chi connectivity index (χ2v) is 6.01. The number of nitrogens with one attached hydrogen (secondary N) is 1. The average Bonchev–Trinajstić information content (AvgIpc) is 3.17. The van der Waals surface area contributed by atoms with E-state index in [4.69, 9.17) is 5.11 Å². The predicted molar refractivity (Wildman–Crippen MR) is 105 cm³/mol. The summed E-state index contributed by atoms with van der Waals surface area (Å²) in [6, 6.07) is 15.9. The molecule has 146 valence electrons. The van der Waals surface area contributed by atoms with Crippen LogP contribution in [-0.4, -0.2) is 32.7 Å². The maximum Gasteiger partial charge on any atom is 0.335 e. The quantitative estimate of drug-likeness (QED) is 0.363. The summed E-state index contributed by atoms with van der Waals surface area (Å²) in [7, 11) is 0. The summed E-state index contributed by atoms with van der Waals surface area (Å²) in [4.78, 5) is 33.7. The van der Waals surface area contributed by atoms with E-state index in [9.17, 15) is 19.7 Å². The molecule has 0 radical (unpaired) electrons. The van der Waals surface area contributed by atoms with Gasteiger partial charge < -0.3 is 9.67 Å². The van der Waals surface area contributed by atoms with Crippen LogP contribution in [0.25, 0.3) is 5.69 Å². The molecule has 0 aliphatic rings. The first-order valence-corrected chi connectivity index (χ1v) is 8.51. The number of amides is 1. The fraction of sp³-hybridized carbons (Fsp3) is 0.0500. The van der Waals surface area contributed by atoms with Crippen LogP contribution in [0.3, 0.4) is 0 Å². The van der Waals surface area contributed by atoms with Crippen molar-refractivity contribution in [1.82, 2.24) is 9.99 Å². The number of benzene rings is 2. The molecular weight excluding hydrogens is 376 g/mol. The average molecular weight is 392 g/mol. The Bertz CT molecular complexity index is 1100. The van der Waals surface area contributed by atoms with Gasteiger partial charge >= 0.3 is 5.97 Å². The van der Waals surface area contributed by atoms with Gasteiger partial charge in [0.25, 0.3) is 5.69 Å². The van der Waals surface area contributed by atoms with Crippen LogP contribution >= 0.6 is 0 Å². The van der Waals surface area contributed by atoms with Crippen LogP contribution in [0.15, 0.2) is 72.0 Å². The zero-order chi connectivity index (χ0) is 20.8. The molecule has 9 nitrogen and oxygen atoms in total. The minimum Gasteiger partial charge on any atom is -0.478 e. The lowest BCUT2D eigenvalue weighted by molar-refractivity contribution is -0.385. The summed E-state index contributed by atoms with van der Waals surface area (Å²) in [5.74, 6) is -1.53. The highest BCUT2D eigenvalue weighted by Crippen LogP contribution is 2.18. The van der Waals surface area contributed by atoms with Gasteiger partial charge in [0.2, 0.25) is 5.91 Å². The molecule has 3 aromatic rings.